The quantitative estimate of drug-likeness (QED) is 0.300. The average Bonchev–Trinajstić information content (AvgIpc) is 2.81. The van der Waals surface area contributed by atoms with Gasteiger partial charge < -0.3 is 12.4 Å². The highest BCUT2D eigenvalue weighted by Gasteiger charge is 2.49. The molecule has 0 heterocycles. The molecule has 0 radical (unpaired) electrons. The van der Waals surface area contributed by atoms with Crippen LogP contribution in [0.4, 0.5) is 0 Å². The number of hydrogen-bond donors (Lipinski definition) is 0. The van der Waals surface area contributed by atoms with Crippen molar-refractivity contribution in [2.45, 2.75) is 26.7 Å². The lowest BCUT2D eigenvalue weighted by molar-refractivity contribution is -0.00000585. The molecular formula is C28H31AlClP. The van der Waals surface area contributed by atoms with Crippen LogP contribution in [0.5, 0.6) is 0 Å². The van der Waals surface area contributed by atoms with E-state index in [2.05, 4.69) is 123 Å². The zero-order valence-corrected chi connectivity index (χ0v) is 19.3. The van der Waals surface area contributed by atoms with E-state index in [-0.39, 0.29) is 29.8 Å². The SMILES string of the molecule is CCc1cccc([P+](c2ccccc2)(c2ccccc2)c2ccccc2)c1CC.[AlH3].[Cl-]. The minimum Gasteiger partial charge on any atom is -1.00 e. The van der Waals surface area contributed by atoms with Crippen molar-refractivity contribution in [3.63, 3.8) is 0 Å². The summed E-state index contributed by atoms with van der Waals surface area (Å²) in [5, 5.41) is 5.75. The van der Waals surface area contributed by atoms with E-state index in [1.54, 1.807) is 0 Å². The third-order valence-electron chi connectivity index (χ3n) is 5.77. The number of aryl methyl sites for hydroxylation is 1. The second-order valence-corrected chi connectivity index (χ2v) is 10.7. The molecule has 0 aliphatic carbocycles. The van der Waals surface area contributed by atoms with E-state index in [4.69, 9.17) is 0 Å². The average molecular weight is 461 g/mol. The summed E-state index contributed by atoms with van der Waals surface area (Å²) in [6, 6.07) is 40.4. The summed E-state index contributed by atoms with van der Waals surface area (Å²) in [5.41, 5.74) is 2.98. The molecule has 4 rings (SSSR count). The summed E-state index contributed by atoms with van der Waals surface area (Å²) in [7, 11) is -2.00. The van der Waals surface area contributed by atoms with Gasteiger partial charge in [0.2, 0.25) is 0 Å². The lowest BCUT2D eigenvalue weighted by atomic mass is 10.0. The highest BCUT2D eigenvalue weighted by atomic mass is 35.5. The highest BCUT2D eigenvalue weighted by molar-refractivity contribution is 8.01. The van der Waals surface area contributed by atoms with E-state index < -0.39 is 7.26 Å². The molecule has 0 bridgehead atoms. The van der Waals surface area contributed by atoms with Crippen molar-refractivity contribution in [3.8, 4) is 0 Å². The van der Waals surface area contributed by atoms with Gasteiger partial charge in [-0.15, -0.1) is 0 Å². The van der Waals surface area contributed by atoms with Gasteiger partial charge in [-0.2, -0.15) is 0 Å². The normalized spacial score (nSPS) is 10.6. The van der Waals surface area contributed by atoms with Gasteiger partial charge in [0.05, 0.1) is 0 Å². The van der Waals surface area contributed by atoms with E-state index in [0.717, 1.165) is 12.8 Å². The maximum atomic E-state index is 2.39. The molecule has 0 saturated heterocycles. The van der Waals surface area contributed by atoms with E-state index in [1.165, 1.54) is 32.3 Å². The lowest BCUT2D eigenvalue weighted by Gasteiger charge is -2.30. The van der Waals surface area contributed by atoms with E-state index in [0.29, 0.717) is 0 Å². The molecule has 0 aromatic heterocycles. The first-order valence-electron chi connectivity index (χ1n) is 10.5. The smallest absolute Gasteiger partial charge is 0.187 e. The van der Waals surface area contributed by atoms with Gasteiger partial charge in [0.25, 0.3) is 0 Å². The Morgan fingerprint density at radius 1 is 0.516 bits per heavy atom. The molecule has 0 atom stereocenters. The summed E-state index contributed by atoms with van der Waals surface area (Å²) in [6.07, 6.45) is 2.11. The second-order valence-electron chi connectivity index (χ2n) is 7.30. The third-order valence-corrected chi connectivity index (χ3v) is 10.1. The fourth-order valence-electron chi connectivity index (χ4n) is 4.49. The van der Waals surface area contributed by atoms with Crippen LogP contribution in [0.1, 0.15) is 25.0 Å². The Hall–Kier alpha value is -1.87. The third kappa shape index (κ3) is 4.67. The molecule has 0 N–H and O–H groups in total. The van der Waals surface area contributed by atoms with E-state index >= 15 is 0 Å². The van der Waals surface area contributed by atoms with Crippen molar-refractivity contribution >= 4 is 45.8 Å². The summed E-state index contributed by atoms with van der Waals surface area (Å²) in [5.74, 6) is 0. The van der Waals surface area contributed by atoms with Gasteiger partial charge in [0.15, 0.2) is 17.4 Å². The summed E-state index contributed by atoms with van der Waals surface area (Å²) in [4.78, 5) is 0. The zero-order valence-electron chi connectivity index (χ0n) is 17.6. The Labute approximate surface area is 204 Å². The Morgan fingerprint density at radius 3 is 1.29 bits per heavy atom. The predicted molar refractivity (Wildman–Crippen MR) is 140 cm³/mol. The standard InChI is InChI=1S/C28H28P.Al.ClH.3H/c1-3-23-15-14-22-28(27(23)4-2)29(24-16-8-5-9-17-24,25-18-10-6-11-19-25)26-20-12-7-13-21-26;;;;;/h5-22H,3-4H2,1-2H3;;1H;;;/q+1;;;;;/p-1. The van der Waals surface area contributed by atoms with Crippen LogP contribution < -0.4 is 33.6 Å². The van der Waals surface area contributed by atoms with Crippen molar-refractivity contribution in [2.75, 3.05) is 0 Å². The van der Waals surface area contributed by atoms with Crippen LogP contribution in [0.2, 0.25) is 0 Å². The summed E-state index contributed by atoms with van der Waals surface area (Å²) in [6.45, 7) is 4.57. The molecule has 31 heavy (non-hydrogen) atoms. The van der Waals surface area contributed by atoms with Crippen molar-refractivity contribution in [1.82, 2.24) is 0 Å². The van der Waals surface area contributed by atoms with Gasteiger partial charge in [0.1, 0.15) is 28.5 Å². The van der Waals surface area contributed by atoms with Crippen molar-refractivity contribution in [2.24, 2.45) is 0 Å². The minimum absolute atomic E-state index is 0. The zero-order chi connectivity index (χ0) is 20.1. The summed E-state index contributed by atoms with van der Waals surface area (Å²) >= 11 is 0. The molecule has 3 heteroatoms. The fourth-order valence-corrected chi connectivity index (χ4v) is 9.10. The first kappa shape index (κ1) is 25.4. The predicted octanol–water partition coefficient (Wildman–Crippen LogP) is 1.25. The van der Waals surface area contributed by atoms with Gasteiger partial charge in [-0.3, -0.25) is 0 Å². The van der Waals surface area contributed by atoms with Gasteiger partial charge in [-0.25, -0.2) is 0 Å². The van der Waals surface area contributed by atoms with Gasteiger partial charge in [-0.05, 0) is 66.4 Å². The van der Waals surface area contributed by atoms with Crippen LogP contribution in [0.3, 0.4) is 0 Å². The Balaban J connectivity index is 0.00000171. The van der Waals surface area contributed by atoms with Crippen LogP contribution in [0.25, 0.3) is 0 Å². The van der Waals surface area contributed by atoms with Crippen LogP contribution in [0.15, 0.2) is 109 Å². The molecule has 4 aromatic rings. The molecule has 4 aromatic carbocycles. The fraction of sp³-hybridized carbons (Fsp3) is 0.143. The first-order chi connectivity index (χ1) is 14.3. The molecular weight excluding hydrogens is 430 g/mol. The Kier molecular flexibility index (Phi) is 9.56. The molecule has 0 spiro atoms. The molecule has 0 unspecified atom stereocenters. The molecule has 0 fully saturated rings. The molecule has 0 saturated carbocycles. The second kappa shape index (κ2) is 11.7. The maximum absolute atomic E-state index is 2.39. The van der Waals surface area contributed by atoms with Crippen molar-refractivity contribution < 1.29 is 12.4 Å². The van der Waals surface area contributed by atoms with Crippen molar-refractivity contribution in [1.29, 1.82) is 0 Å². The molecule has 158 valence electrons. The minimum atomic E-state index is -2.00. The number of rotatable bonds is 6. The van der Waals surface area contributed by atoms with Crippen LogP contribution in [-0.4, -0.2) is 17.4 Å². The number of benzene rings is 4. The largest absolute Gasteiger partial charge is 1.00 e. The van der Waals surface area contributed by atoms with Gasteiger partial charge in [0, 0.05) is 0 Å². The first-order valence-corrected chi connectivity index (χ1v) is 12.3. The molecule has 0 nitrogen and oxygen atoms in total. The number of hydrogen-bond acceptors (Lipinski definition) is 0. The highest BCUT2D eigenvalue weighted by Crippen LogP contribution is 2.55. The molecule has 0 amide bonds. The monoisotopic (exact) mass is 460 g/mol. The van der Waals surface area contributed by atoms with E-state index in [9.17, 15) is 0 Å². The van der Waals surface area contributed by atoms with Crippen LogP contribution in [0, 0.1) is 0 Å². The molecule has 0 aliphatic heterocycles. The Morgan fingerprint density at radius 2 is 0.935 bits per heavy atom. The van der Waals surface area contributed by atoms with Gasteiger partial charge >= 0.3 is 0 Å². The summed E-state index contributed by atoms with van der Waals surface area (Å²) < 4.78 is 0. The van der Waals surface area contributed by atoms with Gasteiger partial charge in [-0.1, -0.05) is 80.6 Å². The maximum Gasteiger partial charge on any atom is 0.187 e. The van der Waals surface area contributed by atoms with E-state index in [1.807, 2.05) is 0 Å². The molecule has 0 aliphatic rings. The topological polar surface area (TPSA) is 0 Å². The Bertz CT molecular complexity index is 969. The van der Waals surface area contributed by atoms with Crippen molar-refractivity contribution in [3.05, 3.63) is 120 Å². The van der Waals surface area contributed by atoms with Crippen LogP contribution >= 0.6 is 7.26 Å². The van der Waals surface area contributed by atoms with Crippen LogP contribution in [-0.2, 0) is 12.8 Å². The number of halogens is 1. The lowest BCUT2D eigenvalue weighted by Crippen LogP contribution is -3.00.